The van der Waals surface area contributed by atoms with Crippen molar-refractivity contribution in [3.63, 3.8) is 0 Å². The molecule has 0 aromatic carbocycles. The van der Waals surface area contributed by atoms with Gasteiger partial charge >= 0.3 is 0 Å². The first-order valence-electron chi connectivity index (χ1n) is 6.47. The third-order valence-corrected chi connectivity index (χ3v) is 3.77. The van der Waals surface area contributed by atoms with Crippen LogP contribution < -0.4 is 5.32 Å². The molecule has 3 rings (SSSR count). The summed E-state index contributed by atoms with van der Waals surface area (Å²) < 4.78 is 8.46. The molecule has 0 saturated carbocycles. The summed E-state index contributed by atoms with van der Waals surface area (Å²) in [7, 11) is 3.37. The Hall–Kier alpha value is -2.52. The number of hydrogen-bond donors (Lipinski definition) is 1. The van der Waals surface area contributed by atoms with Gasteiger partial charge in [0.25, 0.3) is 5.91 Å². The van der Waals surface area contributed by atoms with Crippen LogP contribution in [0.15, 0.2) is 30.7 Å². The second-order valence-corrected chi connectivity index (χ2v) is 5.55. The Bertz CT molecular complexity index is 776. The Labute approximate surface area is 130 Å². The van der Waals surface area contributed by atoms with Crippen LogP contribution in [0.4, 0.5) is 5.13 Å². The summed E-state index contributed by atoms with van der Waals surface area (Å²) in [5, 5.41) is 15.9. The van der Waals surface area contributed by atoms with Crippen molar-refractivity contribution in [3.05, 3.63) is 41.3 Å². The summed E-state index contributed by atoms with van der Waals surface area (Å²) in [6.07, 6.45) is 5.24. The van der Waals surface area contributed by atoms with Crippen molar-refractivity contribution in [2.75, 3.05) is 12.4 Å². The van der Waals surface area contributed by atoms with Crippen LogP contribution in [-0.4, -0.2) is 37.6 Å². The van der Waals surface area contributed by atoms with Gasteiger partial charge in [-0.3, -0.25) is 14.8 Å². The van der Waals surface area contributed by atoms with Crippen LogP contribution in [0.3, 0.4) is 0 Å². The fourth-order valence-electron chi connectivity index (χ4n) is 2.02. The van der Waals surface area contributed by atoms with Gasteiger partial charge in [-0.2, -0.15) is 5.10 Å². The van der Waals surface area contributed by atoms with E-state index in [9.17, 15) is 4.79 Å². The molecule has 22 heavy (non-hydrogen) atoms. The number of methoxy groups -OCH3 is 1. The summed E-state index contributed by atoms with van der Waals surface area (Å²) in [5.74, 6) is 0.404. The van der Waals surface area contributed by atoms with Crippen molar-refractivity contribution in [2.24, 2.45) is 7.05 Å². The monoisotopic (exact) mass is 318 g/mol. The van der Waals surface area contributed by atoms with Gasteiger partial charge in [-0.25, -0.2) is 0 Å². The molecule has 1 amide bonds. The largest absolute Gasteiger partial charge is 0.377 e. The Morgan fingerprint density at radius 1 is 1.36 bits per heavy atom. The normalized spacial score (nSPS) is 10.8. The minimum atomic E-state index is -0.281. The molecule has 0 aliphatic rings. The SMILES string of the molecule is COCc1nnc(NC(=O)c2cnn(C)c2-n2cccc2)s1. The molecule has 0 bridgehead atoms. The average molecular weight is 318 g/mol. The van der Waals surface area contributed by atoms with E-state index in [4.69, 9.17) is 4.74 Å². The Morgan fingerprint density at radius 3 is 2.86 bits per heavy atom. The van der Waals surface area contributed by atoms with Crippen molar-refractivity contribution in [1.82, 2.24) is 24.5 Å². The first-order chi connectivity index (χ1) is 10.7. The van der Waals surface area contributed by atoms with Crippen LogP contribution in [0.1, 0.15) is 15.4 Å². The zero-order chi connectivity index (χ0) is 15.5. The smallest absolute Gasteiger partial charge is 0.262 e. The molecule has 0 saturated heterocycles. The first kappa shape index (κ1) is 14.4. The molecule has 3 aromatic heterocycles. The van der Waals surface area contributed by atoms with E-state index in [1.807, 2.05) is 29.1 Å². The number of aromatic nitrogens is 5. The van der Waals surface area contributed by atoms with Crippen molar-refractivity contribution in [1.29, 1.82) is 0 Å². The molecule has 0 aliphatic heterocycles. The quantitative estimate of drug-likeness (QED) is 0.769. The molecule has 1 N–H and O–H groups in total. The first-order valence-corrected chi connectivity index (χ1v) is 7.28. The van der Waals surface area contributed by atoms with Gasteiger partial charge in [-0.1, -0.05) is 11.3 Å². The van der Waals surface area contributed by atoms with E-state index >= 15 is 0 Å². The standard InChI is InChI=1S/C13H14N6O2S/c1-18-12(19-5-3-4-6-19)9(7-14-18)11(20)15-13-17-16-10(22-13)8-21-2/h3-7H,8H2,1-2H3,(H,15,17,20). The van der Waals surface area contributed by atoms with E-state index in [1.165, 1.54) is 17.5 Å². The molecule has 0 fully saturated rings. The lowest BCUT2D eigenvalue weighted by Crippen LogP contribution is -2.14. The maximum atomic E-state index is 12.4. The van der Waals surface area contributed by atoms with E-state index in [1.54, 1.807) is 18.8 Å². The zero-order valence-electron chi connectivity index (χ0n) is 12.1. The number of carbonyl (C=O) groups excluding carboxylic acids is 1. The molecule has 8 nitrogen and oxygen atoms in total. The molecule has 0 unspecified atom stereocenters. The predicted octanol–water partition coefficient (Wildman–Crippen LogP) is 1.46. The van der Waals surface area contributed by atoms with E-state index in [0.29, 0.717) is 28.1 Å². The fraction of sp³-hybridized carbons (Fsp3) is 0.231. The highest BCUT2D eigenvalue weighted by molar-refractivity contribution is 7.15. The molecule has 3 heterocycles. The average Bonchev–Trinajstić information content (AvgIpc) is 3.20. The maximum absolute atomic E-state index is 12.4. The summed E-state index contributed by atoms with van der Waals surface area (Å²) in [6, 6.07) is 3.77. The third-order valence-electron chi connectivity index (χ3n) is 2.96. The van der Waals surface area contributed by atoms with Crippen LogP contribution in [-0.2, 0) is 18.4 Å². The Morgan fingerprint density at radius 2 is 2.14 bits per heavy atom. The highest BCUT2D eigenvalue weighted by Gasteiger charge is 2.18. The number of hydrogen-bond acceptors (Lipinski definition) is 6. The van der Waals surface area contributed by atoms with Crippen molar-refractivity contribution < 1.29 is 9.53 Å². The molecule has 114 valence electrons. The molecule has 3 aromatic rings. The number of rotatable bonds is 5. The molecule has 0 atom stereocenters. The van der Waals surface area contributed by atoms with Gasteiger partial charge in [0.2, 0.25) is 5.13 Å². The number of nitrogens with one attached hydrogen (secondary N) is 1. The van der Waals surface area contributed by atoms with Gasteiger partial charge in [0.1, 0.15) is 23.0 Å². The lowest BCUT2D eigenvalue weighted by molar-refractivity contribution is 0.102. The van der Waals surface area contributed by atoms with E-state index in [0.717, 1.165) is 0 Å². The Kier molecular flexibility index (Phi) is 3.98. The molecular weight excluding hydrogens is 304 g/mol. The topological polar surface area (TPSA) is 86.9 Å². The lowest BCUT2D eigenvalue weighted by atomic mass is 10.3. The number of anilines is 1. The van der Waals surface area contributed by atoms with Gasteiger partial charge in [-0.05, 0) is 12.1 Å². The third kappa shape index (κ3) is 2.76. The van der Waals surface area contributed by atoms with Gasteiger partial charge in [-0.15, -0.1) is 10.2 Å². The summed E-state index contributed by atoms with van der Waals surface area (Å²) >= 11 is 1.28. The van der Waals surface area contributed by atoms with Crippen LogP contribution in [0.25, 0.3) is 5.82 Å². The number of ether oxygens (including phenoxy) is 1. The van der Waals surface area contributed by atoms with Crippen LogP contribution >= 0.6 is 11.3 Å². The van der Waals surface area contributed by atoms with Gasteiger partial charge in [0.15, 0.2) is 0 Å². The highest BCUT2D eigenvalue weighted by atomic mass is 32.1. The van der Waals surface area contributed by atoms with Gasteiger partial charge in [0, 0.05) is 26.6 Å². The molecule has 0 radical (unpaired) electrons. The Balaban J connectivity index is 1.83. The molecule has 0 aliphatic carbocycles. The van der Waals surface area contributed by atoms with Crippen molar-refractivity contribution >= 4 is 22.4 Å². The van der Waals surface area contributed by atoms with E-state index in [2.05, 4.69) is 20.6 Å². The van der Waals surface area contributed by atoms with Crippen molar-refractivity contribution in [3.8, 4) is 5.82 Å². The molecular formula is C13H14N6O2S. The summed E-state index contributed by atoms with van der Waals surface area (Å²) in [5.41, 5.74) is 0.460. The molecule has 9 heteroatoms. The van der Waals surface area contributed by atoms with Crippen molar-refractivity contribution in [2.45, 2.75) is 6.61 Å². The highest BCUT2D eigenvalue weighted by Crippen LogP contribution is 2.19. The van der Waals surface area contributed by atoms with Gasteiger partial charge in [0.05, 0.1) is 6.20 Å². The van der Waals surface area contributed by atoms with Gasteiger partial charge < -0.3 is 9.30 Å². The minimum absolute atomic E-state index is 0.281. The lowest BCUT2D eigenvalue weighted by Gasteiger charge is -2.06. The minimum Gasteiger partial charge on any atom is -0.377 e. The zero-order valence-corrected chi connectivity index (χ0v) is 12.9. The molecule has 0 spiro atoms. The predicted molar refractivity (Wildman–Crippen MR) is 81.1 cm³/mol. The fourth-order valence-corrected chi connectivity index (χ4v) is 2.73. The number of aryl methyl sites for hydroxylation is 1. The second kappa shape index (κ2) is 6.08. The maximum Gasteiger partial charge on any atom is 0.262 e. The summed E-state index contributed by atoms with van der Waals surface area (Å²) in [4.78, 5) is 12.4. The summed E-state index contributed by atoms with van der Waals surface area (Å²) in [6.45, 7) is 0.370. The van der Waals surface area contributed by atoms with Crippen LogP contribution in [0, 0.1) is 0 Å². The van der Waals surface area contributed by atoms with Crippen LogP contribution in [0.2, 0.25) is 0 Å². The number of amides is 1. The number of carbonyl (C=O) groups is 1. The van der Waals surface area contributed by atoms with Crippen LogP contribution in [0.5, 0.6) is 0 Å². The number of nitrogens with zero attached hydrogens (tertiary/aromatic N) is 5. The second-order valence-electron chi connectivity index (χ2n) is 4.48. The van der Waals surface area contributed by atoms with E-state index < -0.39 is 0 Å². The van der Waals surface area contributed by atoms with E-state index in [-0.39, 0.29) is 5.91 Å².